The average Bonchev–Trinajstić information content (AvgIpc) is 3.04. The minimum Gasteiger partial charge on any atom is -0.303 e. The van der Waals surface area contributed by atoms with E-state index in [1.165, 1.54) is 4.68 Å². The Balaban J connectivity index is 1.78. The van der Waals surface area contributed by atoms with Gasteiger partial charge in [-0.1, -0.05) is 29.3 Å². The number of amides is 1. The van der Waals surface area contributed by atoms with Crippen molar-refractivity contribution in [3.05, 3.63) is 61.9 Å². The molecule has 3 rings (SSSR count). The average molecular weight is 443 g/mol. The van der Waals surface area contributed by atoms with Crippen LogP contribution in [-0.4, -0.2) is 25.5 Å². The summed E-state index contributed by atoms with van der Waals surface area (Å²) in [5, 5.41) is 12.5. The molecule has 6 nitrogen and oxygen atoms in total. The van der Waals surface area contributed by atoms with Crippen LogP contribution in [0.2, 0.25) is 10.0 Å². The van der Waals surface area contributed by atoms with E-state index in [0.29, 0.717) is 32.6 Å². The largest absolute Gasteiger partial charge is 0.303 e. The Kier molecular flexibility index (Phi) is 5.17. The van der Waals surface area contributed by atoms with E-state index >= 15 is 0 Å². The maximum absolute atomic E-state index is 12.4. The van der Waals surface area contributed by atoms with Gasteiger partial charge in [0.15, 0.2) is 5.82 Å². The number of aromatic nitrogens is 4. The lowest BCUT2D eigenvalue weighted by molar-refractivity contribution is 0.101. The van der Waals surface area contributed by atoms with E-state index in [0.717, 1.165) is 11.3 Å². The van der Waals surface area contributed by atoms with Crippen LogP contribution in [0.4, 0.5) is 5.82 Å². The number of nitrogens with one attached hydrogen (secondary N) is 1. The topological polar surface area (TPSA) is 64.7 Å². The van der Waals surface area contributed by atoms with Gasteiger partial charge in [0.2, 0.25) is 0 Å². The number of carbonyl (C=O) groups excluding carboxylic acids is 1. The van der Waals surface area contributed by atoms with E-state index in [1.54, 1.807) is 36.1 Å². The second kappa shape index (κ2) is 7.19. The van der Waals surface area contributed by atoms with E-state index in [9.17, 15) is 4.79 Å². The number of nitrogens with zero attached hydrogens (tertiary/aromatic N) is 4. The van der Waals surface area contributed by atoms with Crippen LogP contribution in [0.25, 0.3) is 0 Å². The number of benzene rings is 1. The maximum Gasteiger partial charge on any atom is 0.275 e. The lowest BCUT2D eigenvalue weighted by Crippen LogP contribution is -2.17. The molecule has 0 aliphatic carbocycles. The number of anilines is 1. The number of hydrogen-bond acceptors (Lipinski definition) is 3. The third-order valence-corrected chi connectivity index (χ3v) is 4.70. The van der Waals surface area contributed by atoms with Crippen molar-refractivity contribution in [2.45, 2.75) is 13.5 Å². The van der Waals surface area contributed by atoms with Crippen LogP contribution in [0.3, 0.4) is 0 Å². The zero-order valence-corrected chi connectivity index (χ0v) is 16.5. The van der Waals surface area contributed by atoms with Gasteiger partial charge in [-0.2, -0.15) is 10.2 Å². The Bertz CT molecular complexity index is 950. The van der Waals surface area contributed by atoms with E-state index in [4.69, 9.17) is 23.2 Å². The molecule has 0 aliphatic heterocycles. The molecule has 25 heavy (non-hydrogen) atoms. The van der Waals surface area contributed by atoms with Gasteiger partial charge in [0.25, 0.3) is 5.91 Å². The second-order valence-electron chi connectivity index (χ2n) is 5.51. The first-order valence-electron chi connectivity index (χ1n) is 7.32. The highest BCUT2D eigenvalue weighted by Gasteiger charge is 2.16. The molecule has 1 N–H and O–H groups in total. The summed E-state index contributed by atoms with van der Waals surface area (Å²) in [5.41, 5.74) is 2.11. The van der Waals surface area contributed by atoms with Crippen molar-refractivity contribution in [2.24, 2.45) is 7.05 Å². The lowest BCUT2D eigenvalue weighted by Gasteiger charge is -2.05. The molecular weight excluding hydrogens is 429 g/mol. The Morgan fingerprint density at radius 3 is 2.68 bits per heavy atom. The highest BCUT2D eigenvalue weighted by atomic mass is 79.9. The fraction of sp³-hybridized carbons (Fsp3) is 0.188. The Labute approximate surface area is 162 Å². The molecule has 130 valence electrons. The van der Waals surface area contributed by atoms with Gasteiger partial charge in [-0.05, 0) is 46.6 Å². The number of aryl methyl sites for hydroxylation is 2. The van der Waals surface area contributed by atoms with E-state index in [-0.39, 0.29) is 5.91 Å². The molecule has 0 spiro atoms. The lowest BCUT2D eigenvalue weighted by atomic mass is 10.2. The Morgan fingerprint density at radius 2 is 2.04 bits per heavy atom. The summed E-state index contributed by atoms with van der Waals surface area (Å²) in [4.78, 5) is 12.4. The third-order valence-electron chi connectivity index (χ3n) is 3.53. The zero-order chi connectivity index (χ0) is 18.1. The van der Waals surface area contributed by atoms with Crippen molar-refractivity contribution >= 4 is 50.9 Å². The fourth-order valence-electron chi connectivity index (χ4n) is 2.38. The summed E-state index contributed by atoms with van der Waals surface area (Å²) < 4.78 is 3.89. The minimum atomic E-state index is -0.279. The van der Waals surface area contributed by atoms with E-state index in [2.05, 4.69) is 31.4 Å². The van der Waals surface area contributed by atoms with Crippen molar-refractivity contribution in [1.82, 2.24) is 19.6 Å². The van der Waals surface area contributed by atoms with Crippen LogP contribution >= 0.6 is 39.1 Å². The molecule has 1 aromatic carbocycles. The van der Waals surface area contributed by atoms with Gasteiger partial charge in [-0.15, -0.1) is 0 Å². The Hall–Kier alpha value is -1.83. The zero-order valence-electron chi connectivity index (χ0n) is 13.4. The summed E-state index contributed by atoms with van der Waals surface area (Å²) in [6.45, 7) is 2.28. The highest BCUT2D eigenvalue weighted by Crippen LogP contribution is 2.25. The molecule has 3 aromatic rings. The molecule has 0 saturated carbocycles. The van der Waals surface area contributed by atoms with Crippen molar-refractivity contribution in [3.8, 4) is 0 Å². The summed E-state index contributed by atoms with van der Waals surface area (Å²) in [7, 11) is 1.72. The van der Waals surface area contributed by atoms with Gasteiger partial charge in [-0.3, -0.25) is 14.2 Å². The number of halogens is 3. The van der Waals surface area contributed by atoms with Crippen molar-refractivity contribution in [2.75, 3.05) is 5.32 Å². The maximum atomic E-state index is 12.4. The Morgan fingerprint density at radius 1 is 1.28 bits per heavy atom. The third kappa shape index (κ3) is 4.05. The van der Waals surface area contributed by atoms with Crippen LogP contribution in [-0.2, 0) is 13.6 Å². The predicted octanol–water partition coefficient (Wildman–Crippen LogP) is 4.29. The molecular formula is C16H14BrCl2N5O. The smallest absolute Gasteiger partial charge is 0.275 e. The van der Waals surface area contributed by atoms with E-state index in [1.807, 2.05) is 13.0 Å². The normalized spacial score (nSPS) is 10.9. The van der Waals surface area contributed by atoms with Crippen LogP contribution < -0.4 is 5.32 Å². The van der Waals surface area contributed by atoms with Gasteiger partial charge < -0.3 is 5.32 Å². The molecule has 9 heteroatoms. The first-order valence-corrected chi connectivity index (χ1v) is 8.87. The number of hydrogen-bond donors (Lipinski definition) is 1. The molecule has 0 aliphatic rings. The summed E-state index contributed by atoms with van der Waals surface area (Å²) >= 11 is 15.5. The van der Waals surface area contributed by atoms with Gasteiger partial charge >= 0.3 is 0 Å². The second-order valence-corrected chi connectivity index (χ2v) is 7.21. The first kappa shape index (κ1) is 18.0. The van der Waals surface area contributed by atoms with Crippen LogP contribution in [0.5, 0.6) is 0 Å². The standard InChI is InChI=1S/C16H14BrCl2N5O/c1-9-5-14(23(2)21-9)16(25)20-15-12(17)8-24(22-15)7-10-3-4-11(18)6-13(10)19/h3-6,8H,7H2,1-2H3,(H,20,22,25). The first-order chi connectivity index (χ1) is 11.8. The molecule has 0 bridgehead atoms. The van der Waals surface area contributed by atoms with Crippen molar-refractivity contribution in [1.29, 1.82) is 0 Å². The van der Waals surface area contributed by atoms with Crippen LogP contribution in [0, 0.1) is 6.92 Å². The molecule has 0 unspecified atom stereocenters. The molecule has 2 aromatic heterocycles. The summed E-state index contributed by atoms with van der Waals surface area (Å²) in [6, 6.07) is 7.02. The number of carbonyl (C=O) groups is 1. The fourth-order valence-corrected chi connectivity index (χ4v) is 3.26. The molecule has 0 atom stereocenters. The quantitative estimate of drug-likeness (QED) is 0.655. The minimum absolute atomic E-state index is 0.279. The molecule has 2 heterocycles. The molecule has 1 amide bonds. The summed E-state index contributed by atoms with van der Waals surface area (Å²) in [5.74, 6) is 0.146. The van der Waals surface area contributed by atoms with Crippen LogP contribution in [0.15, 0.2) is 34.9 Å². The van der Waals surface area contributed by atoms with Crippen LogP contribution in [0.1, 0.15) is 21.7 Å². The number of rotatable bonds is 4. The van der Waals surface area contributed by atoms with Crippen molar-refractivity contribution in [3.63, 3.8) is 0 Å². The molecule has 0 fully saturated rings. The van der Waals surface area contributed by atoms with E-state index < -0.39 is 0 Å². The summed E-state index contributed by atoms with van der Waals surface area (Å²) in [6.07, 6.45) is 1.77. The van der Waals surface area contributed by atoms with Gasteiger partial charge in [0.1, 0.15) is 5.69 Å². The predicted molar refractivity (Wildman–Crippen MR) is 101 cm³/mol. The van der Waals surface area contributed by atoms with Gasteiger partial charge in [0.05, 0.1) is 16.7 Å². The van der Waals surface area contributed by atoms with Crippen molar-refractivity contribution < 1.29 is 4.79 Å². The monoisotopic (exact) mass is 441 g/mol. The molecule has 0 saturated heterocycles. The highest BCUT2D eigenvalue weighted by molar-refractivity contribution is 9.10. The van der Waals surface area contributed by atoms with Gasteiger partial charge in [0, 0.05) is 23.3 Å². The molecule has 0 radical (unpaired) electrons. The van der Waals surface area contributed by atoms with Gasteiger partial charge in [-0.25, -0.2) is 0 Å². The SMILES string of the molecule is Cc1cc(C(=O)Nc2nn(Cc3ccc(Cl)cc3Cl)cc2Br)n(C)n1.